The van der Waals surface area contributed by atoms with Gasteiger partial charge in [-0.3, -0.25) is 0 Å². The fourth-order valence-corrected chi connectivity index (χ4v) is 2.84. The molecule has 1 heteroatoms. The average molecular weight is 231 g/mol. The Morgan fingerprint density at radius 2 is 1.76 bits per heavy atom. The number of nitrogens with one attached hydrogen (secondary N) is 1. The first-order chi connectivity index (χ1) is 8.40. The number of hydrogen-bond donors (Lipinski definition) is 1. The maximum atomic E-state index is 3.69. The summed E-state index contributed by atoms with van der Waals surface area (Å²) in [6.45, 7) is 3.46. The molecule has 0 aromatic heterocycles. The molecule has 94 valence electrons. The third kappa shape index (κ3) is 3.85. The summed E-state index contributed by atoms with van der Waals surface area (Å²) >= 11 is 0. The highest BCUT2D eigenvalue weighted by Gasteiger charge is 2.21. The molecular weight excluding hydrogens is 206 g/mol. The lowest BCUT2D eigenvalue weighted by molar-refractivity contribution is 0.342. The Kier molecular flexibility index (Phi) is 5.06. The molecule has 1 fully saturated rings. The molecule has 0 aliphatic heterocycles. The van der Waals surface area contributed by atoms with Gasteiger partial charge >= 0.3 is 0 Å². The maximum Gasteiger partial charge on any atom is 0.00674 e. The molecular formula is C16H25N. The van der Waals surface area contributed by atoms with E-state index in [2.05, 4.69) is 42.6 Å². The summed E-state index contributed by atoms with van der Waals surface area (Å²) in [5.74, 6) is 0.806. The zero-order valence-electron chi connectivity index (χ0n) is 11.0. The van der Waals surface area contributed by atoms with Crippen molar-refractivity contribution in [3.05, 3.63) is 35.9 Å². The molecule has 0 saturated heterocycles. The first-order valence-corrected chi connectivity index (χ1v) is 7.18. The predicted octanol–water partition coefficient (Wildman–Crippen LogP) is 4.10. The molecule has 0 heterocycles. The molecule has 1 saturated carbocycles. The highest BCUT2D eigenvalue weighted by atomic mass is 14.9. The van der Waals surface area contributed by atoms with Gasteiger partial charge in [0.25, 0.3) is 0 Å². The van der Waals surface area contributed by atoms with Crippen molar-refractivity contribution in [2.75, 3.05) is 6.54 Å². The van der Waals surface area contributed by atoms with Crippen LogP contribution in [0.15, 0.2) is 30.3 Å². The van der Waals surface area contributed by atoms with Crippen molar-refractivity contribution in [3.8, 4) is 0 Å². The lowest BCUT2D eigenvalue weighted by Crippen LogP contribution is -2.33. The Labute approximate surface area is 106 Å². The van der Waals surface area contributed by atoms with Gasteiger partial charge in [0, 0.05) is 6.04 Å². The van der Waals surface area contributed by atoms with Crippen LogP contribution in [0.2, 0.25) is 0 Å². The van der Waals surface area contributed by atoms with Gasteiger partial charge in [-0.1, -0.05) is 43.7 Å². The molecule has 1 aliphatic carbocycles. The summed E-state index contributed by atoms with van der Waals surface area (Å²) in [4.78, 5) is 0. The first-order valence-electron chi connectivity index (χ1n) is 7.18. The molecule has 0 amide bonds. The molecule has 1 N–H and O–H groups in total. The summed E-state index contributed by atoms with van der Waals surface area (Å²) in [6, 6.07) is 11.8. The minimum Gasteiger partial charge on any atom is -0.314 e. The van der Waals surface area contributed by atoms with Crippen molar-refractivity contribution in [3.63, 3.8) is 0 Å². The molecule has 1 aliphatic rings. The van der Waals surface area contributed by atoms with Gasteiger partial charge < -0.3 is 5.32 Å². The van der Waals surface area contributed by atoms with Gasteiger partial charge in [-0.25, -0.2) is 0 Å². The number of benzene rings is 1. The highest BCUT2D eigenvalue weighted by Crippen LogP contribution is 2.32. The van der Waals surface area contributed by atoms with E-state index in [0.717, 1.165) is 12.0 Å². The summed E-state index contributed by atoms with van der Waals surface area (Å²) < 4.78 is 0. The second kappa shape index (κ2) is 6.80. The lowest BCUT2D eigenvalue weighted by Gasteiger charge is -2.29. The molecule has 0 bridgehead atoms. The number of hydrogen-bond acceptors (Lipinski definition) is 1. The largest absolute Gasteiger partial charge is 0.314 e. The van der Waals surface area contributed by atoms with Gasteiger partial charge in [0.2, 0.25) is 0 Å². The van der Waals surface area contributed by atoms with Crippen LogP contribution in [0.5, 0.6) is 0 Å². The van der Waals surface area contributed by atoms with Crippen LogP contribution in [0, 0.1) is 0 Å². The van der Waals surface area contributed by atoms with E-state index in [4.69, 9.17) is 0 Å². The van der Waals surface area contributed by atoms with E-state index >= 15 is 0 Å². The second-order valence-electron chi connectivity index (χ2n) is 5.27. The standard InChI is InChI=1S/C16H25N/c1-2-3-13-17-16-11-9-15(10-12-16)14-7-5-4-6-8-14/h4-8,15-17H,2-3,9-13H2,1H3. The fraction of sp³-hybridized carbons (Fsp3) is 0.625. The number of rotatable bonds is 5. The Morgan fingerprint density at radius 1 is 1.06 bits per heavy atom. The molecule has 0 atom stereocenters. The van der Waals surface area contributed by atoms with Crippen molar-refractivity contribution < 1.29 is 0 Å². The van der Waals surface area contributed by atoms with Crippen molar-refractivity contribution in [2.45, 2.75) is 57.4 Å². The quantitative estimate of drug-likeness (QED) is 0.752. The van der Waals surface area contributed by atoms with Crippen LogP contribution in [0.4, 0.5) is 0 Å². The van der Waals surface area contributed by atoms with Crippen LogP contribution in [0.25, 0.3) is 0 Å². The van der Waals surface area contributed by atoms with Crippen LogP contribution >= 0.6 is 0 Å². The molecule has 17 heavy (non-hydrogen) atoms. The average Bonchev–Trinajstić information content (AvgIpc) is 2.41. The van der Waals surface area contributed by atoms with E-state index < -0.39 is 0 Å². The van der Waals surface area contributed by atoms with E-state index in [1.165, 1.54) is 45.1 Å². The third-order valence-electron chi connectivity index (χ3n) is 3.96. The topological polar surface area (TPSA) is 12.0 Å². The SMILES string of the molecule is CCCCNC1CCC(c2ccccc2)CC1. The van der Waals surface area contributed by atoms with Crippen LogP contribution in [-0.4, -0.2) is 12.6 Å². The van der Waals surface area contributed by atoms with Crippen molar-refractivity contribution in [2.24, 2.45) is 0 Å². The Morgan fingerprint density at radius 3 is 2.41 bits per heavy atom. The normalized spacial score (nSPS) is 24.8. The van der Waals surface area contributed by atoms with Gasteiger partial charge in [0.05, 0.1) is 0 Å². The molecule has 0 spiro atoms. The Bertz CT molecular complexity index is 299. The van der Waals surface area contributed by atoms with E-state index in [9.17, 15) is 0 Å². The first kappa shape index (κ1) is 12.6. The minimum atomic E-state index is 0.779. The van der Waals surface area contributed by atoms with Crippen molar-refractivity contribution in [1.29, 1.82) is 0 Å². The molecule has 1 nitrogen and oxygen atoms in total. The molecule has 0 unspecified atom stereocenters. The molecule has 2 rings (SSSR count). The third-order valence-corrected chi connectivity index (χ3v) is 3.96. The number of unbranched alkanes of at least 4 members (excludes halogenated alkanes) is 1. The van der Waals surface area contributed by atoms with Gasteiger partial charge in [0.1, 0.15) is 0 Å². The van der Waals surface area contributed by atoms with Gasteiger partial charge in [-0.05, 0) is 50.1 Å². The van der Waals surface area contributed by atoms with Gasteiger partial charge in [-0.2, -0.15) is 0 Å². The fourth-order valence-electron chi connectivity index (χ4n) is 2.84. The second-order valence-corrected chi connectivity index (χ2v) is 5.27. The van der Waals surface area contributed by atoms with E-state index in [1.54, 1.807) is 5.56 Å². The van der Waals surface area contributed by atoms with Crippen LogP contribution < -0.4 is 5.32 Å². The lowest BCUT2D eigenvalue weighted by atomic mass is 9.82. The zero-order chi connectivity index (χ0) is 11.9. The molecule has 0 radical (unpaired) electrons. The van der Waals surface area contributed by atoms with Gasteiger partial charge in [-0.15, -0.1) is 0 Å². The summed E-state index contributed by atoms with van der Waals surface area (Å²) in [7, 11) is 0. The van der Waals surface area contributed by atoms with Crippen LogP contribution in [0.3, 0.4) is 0 Å². The highest BCUT2D eigenvalue weighted by molar-refractivity contribution is 5.20. The smallest absolute Gasteiger partial charge is 0.00674 e. The van der Waals surface area contributed by atoms with Crippen LogP contribution in [-0.2, 0) is 0 Å². The van der Waals surface area contributed by atoms with E-state index in [0.29, 0.717) is 0 Å². The van der Waals surface area contributed by atoms with Crippen molar-refractivity contribution >= 4 is 0 Å². The zero-order valence-corrected chi connectivity index (χ0v) is 11.0. The minimum absolute atomic E-state index is 0.779. The van der Waals surface area contributed by atoms with Gasteiger partial charge in [0.15, 0.2) is 0 Å². The molecule has 1 aromatic carbocycles. The monoisotopic (exact) mass is 231 g/mol. The Hall–Kier alpha value is -0.820. The van der Waals surface area contributed by atoms with E-state index in [-0.39, 0.29) is 0 Å². The summed E-state index contributed by atoms with van der Waals surface area (Å²) in [5.41, 5.74) is 1.54. The predicted molar refractivity (Wildman–Crippen MR) is 74.3 cm³/mol. The molecule has 1 aromatic rings. The summed E-state index contributed by atoms with van der Waals surface area (Å²) in [6.07, 6.45) is 8.03. The maximum absolute atomic E-state index is 3.69. The van der Waals surface area contributed by atoms with E-state index in [1.807, 2.05) is 0 Å². The Balaban J connectivity index is 1.74. The van der Waals surface area contributed by atoms with Crippen molar-refractivity contribution in [1.82, 2.24) is 5.32 Å². The van der Waals surface area contributed by atoms with Crippen LogP contribution in [0.1, 0.15) is 56.9 Å². The summed E-state index contributed by atoms with van der Waals surface area (Å²) in [5, 5.41) is 3.69.